The maximum atomic E-state index is 12.2. The summed E-state index contributed by atoms with van der Waals surface area (Å²) in [6, 6.07) is 8.79. The summed E-state index contributed by atoms with van der Waals surface area (Å²) in [6.45, 7) is 1.83. The number of aliphatic hydroxyl groups excluding tert-OH is 1. The molecular formula is C16H19NO4. The third-order valence-electron chi connectivity index (χ3n) is 3.87. The second-order valence-corrected chi connectivity index (χ2v) is 5.21. The van der Waals surface area contributed by atoms with Crippen LogP contribution in [0, 0.1) is 5.92 Å². The summed E-state index contributed by atoms with van der Waals surface area (Å²) in [5.41, 5.74) is 0.944. The number of rotatable bonds is 3. The van der Waals surface area contributed by atoms with Gasteiger partial charge in [0.15, 0.2) is 5.78 Å². The van der Waals surface area contributed by atoms with Crippen molar-refractivity contribution >= 4 is 18.0 Å². The Morgan fingerprint density at radius 2 is 2.05 bits per heavy atom. The molecule has 0 radical (unpaired) electrons. The summed E-state index contributed by atoms with van der Waals surface area (Å²) in [5, 5.41) is 19.2. The van der Waals surface area contributed by atoms with Crippen LogP contribution in [0.15, 0.2) is 36.4 Å². The Kier molecular flexibility index (Phi) is 4.75. The normalized spacial score (nSPS) is 24.3. The molecule has 0 aliphatic carbocycles. The lowest BCUT2D eigenvalue weighted by molar-refractivity contribution is -0.133. The van der Waals surface area contributed by atoms with E-state index in [9.17, 15) is 14.7 Å². The van der Waals surface area contributed by atoms with Crippen molar-refractivity contribution in [1.29, 1.82) is 0 Å². The second kappa shape index (κ2) is 6.54. The van der Waals surface area contributed by atoms with E-state index in [0.717, 1.165) is 10.5 Å². The molecule has 0 saturated carbocycles. The van der Waals surface area contributed by atoms with Crippen molar-refractivity contribution in [3.8, 4) is 0 Å². The number of amides is 1. The molecule has 1 aliphatic rings. The Morgan fingerprint density at radius 1 is 1.38 bits per heavy atom. The second-order valence-electron chi connectivity index (χ2n) is 5.21. The lowest BCUT2D eigenvalue weighted by Crippen LogP contribution is -2.52. The number of ketones is 1. The topological polar surface area (TPSA) is 77.8 Å². The molecule has 1 aliphatic heterocycles. The van der Waals surface area contributed by atoms with E-state index in [0.29, 0.717) is 6.42 Å². The largest absolute Gasteiger partial charge is 0.465 e. The monoisotopic (exact) mass is 289 g/mol. The van der Waals surface area contributed by atoms with Gasteiger partial charge in [0.1, 0.15) is 0 Å². The molecule has 2 rings (SSSR count). The fourth-order valence-electron chi connectivity index (χ4n) is 2.59. The molecule has 1 aromatic rings. The smallest absolute Gasteiger partial charge is 0.407 e. The number of hydrogen-bond acceptors (Lipinski definition) is 3. The van der Waals surface area contributed by atoms with Crippen LogP contribution in [-0.4, -0.2) is 45.7 Å². The molecule has 1 amide bonds. The Labute approximate surface area is 123 Å². The van der Waals surface area contributed by atoms with Crippen molar-refractivity contribution in [2.24, 2.45) is 5.92 Å². The highest BCUT2D eigenvalue weighted by molar-refractivity contribution is 5.90. The highest BCUT2D eigenvalue weighted by Crippen LogP contribution is 2.23. The van der Waals surface area contributed by atoms with Gasteiger partial charge in [0.2, 0.25) is 0 Å². The Bertz CT molecular complexity index is 540. The molecule has 1 saturated heterocycles. The van der Waals surface area contributed by atoms with E-state index in [4.69, 9.17) is 5.11 Å². The minimum atomic E-state index is -1.09. The molecule has 3 atom stereocenters. The molecule has 3 unspecified atom stereocenters. The first kappa shape index (κ1) is 15.3. The number of carbonyl (C=O) groups excluding carboxylic acids is 1. The summed E-state index contributed by atoms with van der Waals surface area (Å²) in [7, 11) is 0. The van der Waals surface area contributed by atoms with Crippen LogP contribution in [0.5, 0.6) is 0 Å². The minimum Gasteiger partial charge on any atom is -0.465 e. The van der Waals surface area contributed by atoms with Gasteiger partial charge in [-0.15, -0.1) is 0 Å². The van der Waals surface area contributed by atoms with Gasteiger partial charge >= 0.3 is 6.09 Å². The van der Waals surface area contributed by atoms with Crippen LogP contribution in [0.2, 0.25) is 0 Å². The van der Waals surface area contributed by atoms with E-state index in [-0.39, 0.29) is 12.3 Å². The van der Waals surface area contributed by atoms with E-state index in [1.165, 1.54) is 0 Å². The Balaban J connectivity index is 2.03. The number of carboxylic acid groups (broad SMARTS) is 1. The molecule has 112 valence electrons. The number of benzene rings is 1. The SMILES string of the molecule is CC1C(=O)C(C(O)/C=C/c2ccccc2)CCN1C(=O)O. The summed E-state index contributed by atoms with van der Waals surface area (Å²) >= 11 is 0. The van der Waals surface area contributed by atoms with E-state index in [1.807, 2.05) is 30.3 Å². The Hall–Kier alpha value is -2.14. The fraction of sp³-hybridized carbons (Fsp3) is 0.375. The zero-order valence-electron chi connectivity index (χ0n) is 11.8. The van der Waals surface area contributed by atoms with Crippen molar-refractivity contribution in [1.82, 2.24) is 4.90 Å². The van der Waals surface area contributed by atoms with Crippen LogP contribution in [0.3, 0.4) is 0 Å². The van der Waals surface area contributed by atoms with Crippen LogP contribution >= 0.6 is 0 Å². The molecule has 1 aromatic carbocycles. The van der Waals surface area contributed by atoms with Gasteiger partial charge in [0.05, 0.1) is 18.1 Å². The molecule has 21 heavy (non-hydrogen) atoms. The number of carbonyl (C=O) groups is 2. The van der Waals surface area contributed by atoms with Gasteiger partial charge in [0, 0.05) is 6.54 Å². The number of piperidine rings is 1. The first-order chi connectivity index (χ1) is 10.0. The lowest BCUT2D eigenvalue weighted by Gasteiger charge is -2.35. The highest BCUT2D eigenvalue weighted by atomic mass is 16.4. The molecule has 1 heterocycles. The van der Waals surface area contributed by atoms with Crippen molar-refractivity contribution in [3.05, 3.63) is 42.0 Å². The van der Waals surface area contributed by atoms with Gasteiger partial charge < -0.3 is 10.2 Å². The van der Waals surface area contributed by atoms with Gasteiger partial charge in [0.25, 0.3) is 0 Å². The van der Waals surface area contributed by atoms with Gasteiger partial charge in [-0.3, -0.25) is 9.69 Å². The summed E-state index contributed by atoms with van der Waals surface area (Å²) in [4.78, 5) is 24.3. The molecule has 2 N–H and O–H groups in total. The van der Waals surface area contributed by atoms with E-state index in [1.54, 1.807) is 19.1 Å². The van der Waals surface area contributed by atoms with Crippen molar-refractivity contribution in [2.45, 2.75) is 25.5 Å². The molecule has 0 bridgehead atoms. The number of hydrogen-bond donors (Lipinski definition) is 2. The molecular weight excluding hydrogens is 270 g/mol. The quantitative estimate of drug-likeness (QED) is 0.892. The predicted octanol–water partition coefficient (Wildman–Crippen LogP) is 2.02. The van der Waals surface area contributed by atoms with Crippen LogP contribution in [0.1, 0.15) is 18.9 Å². The predicted molar refractivity (Wildman–Crippen MR) is 78.8 cm³/mol. The van der Waals surface area contributed by atoms with Crippen LogP contribution < -0.4 is 0 Å². The highest BCUT2D eigenvalue weighted by Gasteiger charge is 2.38. The average molecular weight is 289 g/mol. The lowest BCUT2D eigenvalue weighted by atomic mass is 9.85. The third-order valence-corrected chi connectivity index (χ3v) is 3.87. The maximum absolute atomic E-state index is 12.2. The van der Waals surface area contributed by atoms with Crippen LogP contribution in [0.4, 0.5) is 4.79 Å². The maximum Gasteiger partial charge on any atom is 0.407 e. The summed E-state index contributed by atoms with van der Waals surface area (Å²) < 4.78 is 0. The van der Waals surface area contributed by atoms with Gasteiger partial charge in [-0.05, 0) is 18.9 Å². The van der Waals surface area contributed by atoms with Gasteiger partial charge in [-0.2, -0.15) is 0 Å². The van der Waals surface area contributed by atoms with E-state index >= 15 is 0 Å². The molecule has 5 nitrogen and oxygen atoms in total. The Morgan fingerprint density at radius 3 is 2.67 bits per heavy atom. The van der Waals surface area contributed by atoms with Crippen LogP contribution in [-0.2, 0) is 4.79 Å². The third kappa shape index (κ3) is 3.49. The molecule has 5 heteroatoms. The average Bonchev–Trinajstić information content (AvgIpc) is 2.48. The number of likely N-dealkylation sites (tertiary alicyclic amines) is 1. The molecule has 0 spiro atoms. The van der Waals surface area contributed by atoms with Crippen molar-refractivity contribution in [2.75, 3.05) is 6.54 Å². The number of Topliss-reactive ketones (excluding diaryl/α,β-unsaturated/α-hetero) is 1. The summed E-state index contributed by atoms with van der Waals surface area (Å²) in [5.74, 6) is -0.774. The zero-order chi connectivity index (χ0) is 15.4. The molecule has 0 aromatic heterocycles. The number of aliphatic hydroxyl groups is 1. The standard InChI is InChI=1S/C16H19NO4/c1-11-15(19)13(9-10-17(11)16(20)21)14(18)8-7-12-5-3-2-4-6-12/h2-8,11,13-14,18H,9-10H2,1H3,(H,20,21)/b8-7+. The van der Waals surface area contributed by atoms with Gasteiger partial charge in [-0.1, -0.05) is 42.5 Å². The van der Waals surface area contributed by atoms with E-state index in [2.05, 4.69) is 0 Å². The van der Waals surface area contributed by atoms with Crippen molar-refractivity contribution in [3.63, 3.8) is 0 Å². The van der Waals surface area contributed by atoms with Crippen molar-refractivity contribution < 1.29 is 19.8 Å². The minimum absolute atomic E-state index is 0.228. The molecule has 1 fully saturated rings. The first-order valence-electron chi connectivity index (χ1n) is 6.95. The zero-order valence-corrected chi connectivity index (χ0v) is 11.8. The van der Waals surface area contributed by atoms with E-state index < -0.39 is 24.2 Å². The first-order valence-corrected chi connectivity index (χ1v) is 6.95. The van der Waals surface area contributed by atoms with Crippen LogP contribution in [0.25, 0.3) is 6.08 Å². The summed E-state index contributed by atoms with van der Waals surface area (Å²) in [6.07, 6.45) is 1.72. The number of nitrogens with zero attached hydrogens (tertiary/aromatic N) is 1. The fourth-order valence-corrected chi connectivity index (χ4v) is 2.59. The van der Waals surface area contributed by atoms with Gasteiger partial charge in [-0.25, -0.2) is 4.79 Å².